The first-order chi connectivity index (χ1) is 8.28. The van der Waals surface area contributed by atoms with Gasteiger partial charge < -0.3 is 9.64 Å². The van der Waals surface area contributed by atoms with Crippen molar-refractivity contribution in [3.8, 4) is 6.07 Å². The van der Waals surface area contributed by atoms with Crippen LogP contribution in [0.5, 0.6) is 0 Å². The van der Waals surface area contributed by atoms with Crippen LogP contribution in [0.2, 0.25) is 0 Å². The van der Waals surface area contributed by atoms with E-state index in [4.69, 9.17) is 4.74 Å². The predicted molar refractivity (Wildman–Crippen MR) is 67.7 cm³/mol. The van der Waals surface area contributed by atoms with Gasteiger partial charge >= 0.3 is 0 Å². The molecule has 0 spiro atoms. The predicted octanol–water partition coefficient (Wildman–Crippen LogP) is 1.95. The van der Waals surface area contributed by atoms with Gasteiger partial charge in [0.05, 0.1) is 17.8 Å². The topological polar surface area (TPSA) is 53.3 Å². The van der Waals surface area contributed by atoms with Crippen LogP contribution < -0.4 is 0 Å². The molecule has 0 radical (unpaired) electrons. The third kappa shape index (κ3) is 2.24. The van der Waals surface area contributed by atoms with Gasteiger partial charge in [-0.25, -0.2) is 0 Å². The molecule has 2 rings (SSSR count). The first kappa shape index (κ1) is 13.4. The van der Waals surface area contributed by atoms with E-state index in [1.807, 2.05) is 25.7 Å². The number of nitrogens with zero attached hydrogens (tertiary/aromatic N) is 2. The maximum absolute atomic E-state index is 12.6. The molecule has 0 aromatic rings. The molecule has 1 atom stereocenters. The number of nitriles is 1. The summed E-state index contributed by atoms with van der Waals surface area (Å²) in [5, 5.41) is 9.32. The first-order valence-electron chi connectivity index (χ1n) is 6.66. The van der Waals surface area contributed by atoms with Crippen molar-refractivity contribution in [1.82, 2.24) is 4.90 Å². The summed E-state index contributed by atoms with van der Waals surface area (Å²) in [6, 6.07) is 2.25. The van der Waals surface area contributed by atoms with Gasteiger partial charge in [0, 0.05) is 13.1 Å². The third-order valence-corrected chi connectivity index (χ3v) is 3.87. The third-order valence-electron chi connectivity index (χ3n) is 3.87. The van der Waals surface area contributed by atoms with Crippen LogP contribution in [0, 0.1) is 22.7 Å². The molecule has 0 aromatic carbocycles. The van der Waals surface area contributed by atoms with E-state index in [0.29, 0.717) is 31.8 Å². The van der Waals surface area contributed by atoms with Crippen LogP contribution in [0.4, 0.5) is 0 Å². The average molecular weight is 250 g/mol. The van der Waals surface area contributed by atoms with Gasteiger partial charge in [0.1, 0.15) is 5.41 Å². The second-order valence-corrected chi connectivity index (χ2v) is 6.58. The fourth-order valence-corrected chi connectivity index (χ4v) is 3.35. The Hall–Kier alpha value is -1.08. The van der Waals surface area contributed by atoms with Crippen molar-refractivity contribution in [1.29, 1.82) is 5.26 Å². The smallest absolute Gasteiger partial charge is 0.243 e. The Kier molecular flexibility index (Phi) is 3.14. The number of carbonyl (C=O) groups is 1. The molecular weight excluding hydrogens is 228 g/mol. The van der Waals surface area contributed by atoms with Crippen LogP contribution in [0.1, 0.15) is 40.5 Å². The van der Waals surface area contributed by atoms with E-state index in [9.17, 15) is 10.1 Å². The summed E-state index contributed by atoms with van der Waals surface area (Å²) in [5.74, 6) is 0.492. The lowest BCUT2D eigenvalue weighted by molar-refractivity contribution is -0.169. The summed E-state index contributed by atoms with van der Waals surface area (Å²) in [6.07, 6.45) is 1.44. The zero-order valence-corrected chi connectivity index (χ0v) is 11.7. The van der Waals surface area contributed by atoms with Gasteiger partial charge in [0.15, 0.2) is 0 Å². The van der Waals surface area contributed by atoms with Gasteiger partial charge in [-0.2, -0.15) is 5.26 Å². The number of morpholine rings is 1. The Morgan fingerprint density at radius 1 is 1.39 bits per heavy atom. The Labute approximate surface area is 109 Å². The molecule has 2 fully saturated rings. The molecule has 4 nitrogen and oxygen atoms in total. The van der Waals surface area contributed by atoms with Gasteiger partial charge in [0.2, 0.25) is 5.91 Å². The second kappa shape index (κ2) is 4.24. The number of carbonyl (C=O) groups excluding carboxylic acids is 1. The van der Waals surface area contributed by atoms with Crippen molar-refractivity contribution in [2.45, 2.75) is 52.2 Å². The molecule has 1 unspecified atom stereocenters. The van der Waals surface area contributed by atoms with E-state index in [-0.39, 0.29) is 17.6 Å². The molecule has 1 heterocycles. The molecule has 1 aliphatic carbocycles. The monoisotopic (exact) mass is 250 g/mol. The molecule has 100 valence electrons. The van der Waals surface area contributed by atoms with Crippen LogP contribution in [-0.4, -0.2) is 35.6 Å². The highest BCUT2D eigenvalue weighted by atomic mass is 16.5. The van der Waals surface area contributed by atoms with Crippen LogP contribution in [0.25, 0.3) is 0 Å². The quantitative estimate of drug-likeness (QED) is 0.714. The van der Waals surface area contributed by atoms with Crippen molar-refractivity contribution in [2.75, 3.05) is 13.1 Å². The summed E-state index contributed by atoms with van der Waals surface area (Å²) in [7, 11) is 0. The molecule has 4 heteroatoms. The van der Waals surface area contributed by atoms with Gasteiger partial charge in [-0.05, 0) is 39.5 Å². The lowest BCUT2D eigenvalue weighted by atomic mass is 9.62. The van der Waals surface area contributed by atoms with Gasteiger partial charge in [-0.3, -0.25) is 4.79 Å². The molecule has 0 bridgehead atoms. The minimum absolute atomic E-state index is 0.00586. The average Bonchev–Trinajstić information content (AvgIpc) is 2.20. The summed E-state index contributed by atoms with van der Waals surface area (Å²) in [5.41, 5.74) is -1.08. The molecule has 0 aromatic heterocycles. The summed E-state index contributed by atoms with van der Waals surface area (Å²) < 4.78 is 5.80. The summed E-state index contributed by atoms with van der Waals surface area (Å²) >= 11 is 0. The number of amides is 1. The van der Waals surface area contributed by atoms with Crippen molar-refractivity contribution >= 4 is 5.91 Å². The Morgan fingerprint density at radius 2 is 2.00 bits per heavy atom. The van der Waals surface area contributed by atoms with E-state index < -0.39 is 5.41 Å². The lowest BCUT2D eigenvalue weighted by Crippen LogP contribution is -2.59. The van der Waals surface area contributed by atoms with Gasteiger partial charge in [0.25, 0.3) is 0 Å². The fourth-order valence-electron chi connectivity index (χ4n) is 3.35. The van der Waals surface area contributed by atoms with E-state index >= 15 is 0 Å². The highest BCUT2D eigenvalue weighted by Gasteiger charge is 2.52. The minimum Gasteiger partial charge on any atom is -0.369 e. The highest BCUT2D eigenvalue weighted by molar-refractivity contribution is 5.86. The standard InChI is InChI=1S/C14H22N2O2/c1-10-5-14(6-10,8-15)12(17)16-7-11(2)18-13(3,4)9-16/h10-11H,5-7,9H2,1-4H3. The second-order valence-electron chi connectivity index (χ2n) is 6.58. The summed E-state index contributed by atoms with van der Waals surface area (Å²) in [4.78, 5) is 14.4. The molecule has 1 saturated carbocycles. The molecule has 1 saturated heterocycles. The zero-order valence-electron chi connectivity index (χ0n) is 11.7. The summed E-state index contributed by atoms with van der Waals surface area (Å²) in [6.45, 7) is 9.23. The Bertz CT molecular complexity index is 391. The SMILES string of the molecule is CC1CC(C#N)(C(=O)N2CC(C)OC(C)(C)C2)C1. The maximum atomic E-state index is 12.6. The number of hydrogen-bond acceptors (Lipinski definition) is 3. The van der Waals surface area contributed by atoms with Crippen LogP contribution >= 0.6 is 0 Å². The molecule has 18 heavy (non-hydrogen) atoms. The lowest BCUT2D eigenvalue weighted by Gasteiger charge is -2.47. The molecule has 0 N–H and O–H groups in total. The van der Waals surface area contributed by atoms with Crippen molar-refractivity contribution in [3.05, 3.63) is 0 Å². The molecular formula is C14H22N2O2. The van der Waals surface area contributed by atoms with E-state index in [0.717, 1.165) is 0 Å². The maximum Gasteiger partial charge on any atom is 0.243 e. The minimum atomic E-state index is -0.757. The number of hydrogen-bond donors (Lipinski definition) is 0. The Balaban J connectivity index is 2.12. The highest BCUT2D eigenvalue weighted by Crippen LogP contribution is 2.46. The van der Waals surface area contributed by atoms with E-state index in [2.05, 4.69) is 13.0 Å². The zero-order chi connectivity index (χ0) is 13.6. The largest absolute Gasteiger partial charge is 0.369 e. The van der Waals surface area contributed by atoms with E-state index in [1.165, 1.54) is 0 Å². The molecule has 2 aliphatic rings. The van der Waals surface area contributed by atoms with Crippen molar-refractivity contribution in [3.63, 3.8) is 0 Å². The first-order valence-corrected chi connectivity index (χ1v) is 6.66. The Morgan fingerprint density at radius 3 is 2.44 bits per heavy atom. The number of ether oxygens (including phenoxy) is 1. The van der Waals surface area contributed by atoms with Crippen LogP contribution in [0.15, 0.2) is 0 Å². The molecule has 1 amide bonds. The van der Waals surface area contributed by atoms with E-state index in [1.54, 1.807) is 0 Å². The van der Waals surface area contributed by atoms with Gasteiger partial charge in [-0.1, -0.05) is 6.92 Å². The van der Waals surface area contributed by atoms with Crippen LogP contribution in [-0.2, 0) is 9.53 Å². The molecule has 1 aliphatic heterocycles. The van der Waals surface area contributed by atoms with Gasteiger partial charge in [-0.15, -0.1) is 0 Å². The number of rotatable bonds is 1. The van der Waals surface area contributed by atoms with Crippen molar-refractivity contribution in [2.24, 2.45) is 11.3 Å². The van der Waals surface area contributed by atoms with Crippen molar-refractivity contribution < 1.29 is 9.53 Å². The normalized spacial score (nSPS) is 38.7. The fraction of sp³-hybridized carbons (Fsp3) is 0.857. The van der Waals surface area contributed by atoms with Crippen LogP contribution in [0.3, 0.4) is 0 Å².